The van der Waals surface area contributed by atoms with Crippen molar-refractivity contribution in [1.29, 1.82) is 0 Å². The molecule has 0 fully saturated rings. The van der Waals surface area contributed by atoms with Crippen LogP contribution in [-0.4, -0.2) is 39.2 Å². The van der Waals surface area contributed by atoms with Gasteiger partial charge in [0.2, 0.25) is 0 Å². The molecule has 0 saturated heterocycles. The van der Waals surface area contributed by atoms with Gasteiger partial charge in [-0.3, -0.25) is 4.79 Å². The molecule has 0 heterocycles. The summed E-state index contributed by atoms with van der Waals surface area (Å²) < 4.78 is 47.5. The van der Waals surface area contributed by atoms with Gasteiger partial charge >= 0.3 is 0 Å². The third-order valence-corrected chi connectivity index (χ3v) is 8.34. The first kappa shape index (κ1) is 17.5. The van der Waals surface area contributed by atoms with Gasteiger partial charge in [0, 0.05) is 5.92 Å². The van der Waals surface area contributed by atoms with E-state index in [0.29, 0.717) is 0 Å². The largest absolute Gasteiger partial charge is 0.303 e. The van der Waals surface area contributed by atoms with Crippen LogP contribution < -0.4 is 0 Å². The fraction of sp³-hybridized carbons (Fsp3) is 0.385. The number of benzene rings is 1. The van der Waals surface area contributed by atoms with Gasteiger partial charge in [-0.2, -0.15) is 0 Å². The summed E-state index contributed by atoms with van der Waals surface area (Å²) in [4.78, 5) is 21.8. The Morgan fingerprint density at radius 2 is 1.67 bits per heavy atom. The van der Waals surface area contributed by atoms with E-state index in [2.05, 4.69) is 0 Å². The Kier molecular flexibility index (Phi) is 5.41. The molecule has 0 aliphatic rings. The first-order valence-corrected chi connectivity index (χ1v) is 9.34. The van der Waals surface area contributed by atoms with Gasteiger partial charge in [-0.05, 0) is 19.1 Å². The van der Waals surface area contributed by atoms with E-state index >= 15 is 0 Å². The molecule has 0 radical (unpaired) electrons. The van der Waals surface area contributed by atoms with Crippen molar-refractivity contribution in [2.24, 2.45) is 5.92 Å². The van der Waals surface area contributed by atoms with Crippen molar-refractivity contribution in [3.05, 3.63) is 30.3 Å². The average Bonchev–Trinajstić information content (AvgIpc) is 2.37. The summed E-state index contributed by atoms with van der Waals surface area (Å²) in [6.07, 6.45) is 0.267. The van der Waals surface area contributed by atoms with Crippen molar-refractivity contribution in [1.82, 2.24) is 0 Å². The number of carbonyl (C=O) groups is 2. The van der Waals surface area contributed by atoms with E-state index in [1.165, 1.54) is 31.2 Å². The molecule has 2 atom stereocenters. The molecule has 0 amide bonds. The van der Waals surface area contributed by atoms with Gasteiger partial charge in [-0.15, -0.1) is 0 Å². The van der Waals surface area contributed by atoms with Gasteiger partial charge in [-0.1, -0.05) is 25.1 Å². The van der Waals surface area contributed by atoms with E-state index in [-0.39, 0.29) is 11.2 Å². The molecule has 6 nitrogen and oxygen atoms in total. The van der Waals surface area contributed by atoms with E-state index in [9.17, 15) is 26.4 Å². The summed E-state index contributed by atoms with van der Waals surface area (Å²) in [6, 6.07) is 6.99. The maximum absolute atomic E-state index is 12.5. The molecule has 1 rings (SSSR count). The van der Waals surface area contributed by atoms with Gasteiger partial charge in [0.1, 0.15) is 17.8 Å². The zero-order valence-corrected chi connectivity index (χ0v) is 13.2. The Balaban J connectivity index is 3.47. The Hall–Kier alpha value is -1.54. The lowest BCUT2D eigenvalue weighted by Crippen LogP contribution is -2.39. The number of carbonyl (C=O) groups excluding carboxylic acids is 2. The summed E-state index contributed by atoms with van der Waals surface area (Å²) in [5.41, 5.74) is 0. The molecule has 0 aliphatic carbocycles. The average molecular weight is 332 g/mol. The molecule has 2 unspecified atom stereocenters. The monoisotopic (exact) mass is 332 g/mol. The van der Waals surface area contributed by atoms with Crippen molar-refractivity contribution in [3.8, 4) is 0 Å². The van der Waals surface area contributed by atoms with Crippen LogP contribution in [0.5, 0.6) is 0 Å². The molecule has 0 bridgehead atoms. The van der Waals surface area contributed by atoms with Crippen molar-refractivity contribution in [2.75, 3.05) is 5.75 Å². The van der Waals surface area contributed by atoms with E-state index in [0.717, 1.165) is 6.92 Å². The van der Waals surface area contributed by atoms with Gasteiger partial charge in [0.05, 0.1) is 4.90 Å². The van der Waals surface area contributed by atoms with Crippen LogP contribution in [0.2, 0.25) is 0 Å². The molecule has 0 N–H and O–H groups in total. The quantitative estimate of drug-likeness (QED) is 0.678. The van der Waals surface area contributed by atoms with E-state index in [1.54, 1.807) is 6.07 Å². The highest BCUT2D eigenvalue weighted by molar-refractivity contribution is 8.09. The second-order valence-corrected chi connectivity index (χ2v) is 9.22. The number of rotatable bonds is 7. The fourth-order valence-electron chi connectivity index (χ4n) is 1.98. The number of Topliss-reactive ketones (excluding diaryl/α,β-unsaturated/α-hetero) is 1. The van der Waals surface area contributed by atoms with Crippen LogP contribution >= 0.6 is 0 Å². The molecule has 1 aromatic carbocycles. The summed E-state index contributed by atoms with van der Waals surface area (Å²) in [7, 11) is -8.59. The predicted octanol–water partition coefficient (Wildman–Crippen LogP) is 0.625. The molecule has 0 spiro atoms. The van der Waals surface area contributed by atoms with Gasteiger partial charge in [-0.25, -0.2) is 16.8 Å². The number of ketones is 1. The highest BCUT2D eigenvalue weighted by Crippen LogP contribution is 2.26. The van der Waals surface area contributed by atoms with Gasteiger partial charge in [0.25, 0.3) is 0 Å². The van der Waals surface area contributed by atoms with Gasteiger partial charge < -0.3 is 4.79 Å². The molecule has 116 valence electrons. The van der Waals surface area contributed by atoms with Crippen LogP contribution in [0, 0.1) is 5.92 Å². The summed E-state index contributed by atoms with van der Waals surface area (Å²) in [6.45, 7) is 2.26. The minimum atomic E-state index is -4.31. The lowest BCUT2D eigenvalue weighted by molar-refractivity contribution is -0.114. The molecule has 21 heavy (non-hydrogen) atoms. The molecule has 0 aliphatic heterocycles. The number of aldehydes is 1. The Labute approximate surface area is 124 Å². The molecular formula is C13H16O6S2. The Morgan fingerprint density at radius 3 is 2.10 bits per heavy atom. The second kappa shape index (κ2) is 6.48. The van der Waals surface area contributed by atoms with Crippen LogP contribution in [0.15, 0.2) is 35.2 Å². The third-order valence-electron chi connectivity index (χ3n) is 2.78. The topological polar surface area (TPSA) is 102 Å². The Morgan fingerprint density at radius 1 is 1.14 bits per heavy atom. The second-order valence-electron chi connectivity index (χ2n) is 4.73. The normalized spacial score (nSPS) is 15.1. The van der Waals surface area contributed by atoms with Crippen molar-refractivity contribution >= 4 is 31.7 Å². The van der Waals surface area contributed by atoms with Crippen LogP contribution in [-0.2, 0) is 29.3 Å². The van der Waals surface area contributed by atoms with E-state index < -0.39 is 41.7 Å². The third kappa shape index (κ3) is 3.98. The van der Waals surface area contributed by atoms with E-state index in [1.807, 2.05) is 0 Å². The van der Waals surface area contributed by atoms with Crippen LogP contribution in [0.25, 0.3) is 0 Å². The molecule has 8 heteroatoms. The summed E-state index contributed by atoms with van der Waals surface area (Å²) in [5.74, 6) is -2.87. The highest BCUT2D eigenvalue weighted by Gasteiger charge is 2.43. The van der Waals surface area contributed by atoms with Crippen molar-refractivity contribution < 1.29 is 26.4 Å². The first-order chi connectivity index (χ1) is 9.63. The summed E-state index contributed by atoms with van der Waals surface area (Å²) in [5, 5.41) is 0. The van der Waals surface area contributed by atoms with E-state index in [4.69, 9.17) is 0 Å². The number of hydrogen-bond acceptors (Lipinski definition) is 6. The fourth-order valence-corrected chi connectivity index (χ4v) is 6.94. The highest BCUT2D eigenvalue weighted by atomic mass is 32.3. The lowest BCUT2D eigenvalue weighted by Gasteiger charge is -2.20. The number of sulfone groups is 2. The minimum absolute atomic E-state index is 0.198. The maximum atomic E-state index is 12.5. The molecule has 1 aromatic rings. The SMILES string of the molecule is CC(=O)CS(=O)(=O)C(C(C)C=O)S(=O)(=O)c1ccccc1. The molecular weight excluding hydrogens is 316 g/mol. The zero-order chi connectivity index (χ0) is 16.3. The number of hydrogen-bond donors (Lipinski definition) is 0. The first-order valence-electron chi connectivity index (χ1n) is 6.08. The molecule has 0 aromatic heterocycles. The van der Waals surface area contributed by atoms with Crippen LogP contribution in [0.1, 0.15) is 13.8 Å². The molecule has 0 saturated carbocycles. The van der Waals surface area contributed by atoms with Crippen molar-refractivity contribution in [3.63, 3.8) is 0 Å². The predicted molar refractivity (Wildman–Crippen MR) is 77.1 cm³/mol. The minimum Gasteiger partial charge on any atom is -0.303 e. The summed E-state index contributed by atoms with van der Waals surface area (Å²) >= 11 is 0. The standard InChI is InChI=1S/C13H16O6S2/c1-10(8-14)13(20(16,17)9-11(2)15)21(18,19)12-6-4-3-5-7-12/h3-8,10,13H,9H2,1-2H3. The van der Waals surface area contributed by atoms with Crippen LogP contribution in [0.3, 0.4) is 0 Å². The maximum Gasteiger partial charge on any atom is 0.196 e. The van der Waals surface area contributed by atoms with Crippen LogP contribution in [0.4, 0.5) is 0 Å². The lowest BCUT2D eigenvalue weighted by atomic mass is 10.2. The smallest absolute Gasteiger partial charge is 0.196 e. The van der Waals surface area contributed by atoms with Crippen molar-refractivity contribution in [2.45, 2.75) is 23.3 Å². The zero-order valence-electron chi connectivity index (χ0n) is 11.6. The Bertz CT molecular complexity index is 719. The van der Waals surface area contributed by atoms with Gasteiger partial charge in [0.15, 0.2) is 24.3 Å².